The monoisotopic (exact) mass is 304 g/mol. The summed E-state index contributed by atoms with van der Waals surface area (Å²) >= 11 is 0. The topological polar surface area (TPSA) is 98.0 Å². The molecule has 0 saturated heterocycles. The first kappa shape index (κ1) is 20.3. The minimum Gasteiger partial charge on any atom is -0.481 e. The van der Waals surface area contributed by atoms with Crippen molar-refractivity contribution in [2.24, 2.45) is 0 Å². The summed E-state index contributed by atoms with van der Waals surface area (Å²) in [5.74, 6) is -0.724. The fourth-order valence-electron chi connectivity index (χ4n) is 2.31. The molecular weight excluding hydrogens is 272 g/mol. The van der Waals surface area contributed by atoms with Gasteiger partial charge in [0.05, 0.1) is 18.3 Å². The van der Waals surface area contributed by atoms with Gasteiger partial charge in [0.2, 0.25) is 0 Å². The van der Waals surface area contributed by atoms with E-state index < -0.39 is 24.3 Å². The fraction of sp³-hybridized carbons (Fsp3) is 0.938. The molecule has 0 aromatic rings. The summed E-state index contributed by atoms with van der Waals surface area (Å²) in [4.78, 5) is 10.3. The summed E-state index contributed by atoms with van der Waals surface area (Å²) in [7, 11) is 0. The Bertz CT molecular complexity index is 255. The number of aliphatic hydroxyl groups excluding tert-OH is 3. The number of hydrogen-bond acceptors (Lipinski definition) is 4. The maximum absolute atomic E-state index is 10.3. The van der Waals surface area contributed by atoms with E-state index in [1.54, 1.807) is 6.92 Å². The van der Waals surface area contributed by atoms with Crippen molar-refractivity contribution >= 4 is 5.97 Å². The Labute approximate surface area is 128 Å². The zero-order valence-electron chi connectivity index (χ0n) is 13.2. The predicted octanol–water partition coefficient (Wildman–Crippen LogP) is 2.46. The third-order valence-electron chi connectivity index (χ3n) is 3.71. The number of unbranched alkanes of at least 4 members (excludes halogenated alkanes) is 6. The average molecular weight is 304 g/mol. The molecule has 0 aliphatic heterocycles. The van der Waals surface area contributed by atoms with Gasteiger partial charge in [0.1, 0.15) is 0 Å². The van der Waals surface area contributed by atoms with Gasteiger partial charge in [0, 0.05) is 6.42 Å². The number of aliphatic hydroxyl groups is 3. The van der Waals surface area contributed by atoms with E-state index in [-0.39, 0.29) is 6.42 Å². The van der Waals surface area contributed by atoms with Gasteiger partial charge in [-0.05, 0) is 32.6 Å². The van der Waals surface area contributed by atoms with Crippen LogP contribution in [0.1, 0.15) is 77.6 Å². The van der Waals surface area contributed by atoms with Crippen LogP contribution in [0.4, 0.5) is 0 Å². The Hall–Kier alpha value is -0.650. The van der Waals surface area contributed by atoms with Gasteiger partial charge < -0.3 is 20.4 Å². The molecule has 0 aromatic heterocycles. The lowest BCUT2D eigenvalue weighted by Crippen LogP contribution is -2.26. The highest BCUT2D eigenvalue weighted by molar-refractivity contribution is 5.66. The van der Waals surface area contributed by atoms with Gasteiger partial charge in [-0.1, -0.05) is 38.5 Å². The van der Waals surface area contributed by atoms with E-state index in [1.807, 2.05) is 0 Å². The standard InChI is InChI=1S/C16H32O5/c1-13(17)11-12-15(19)14(18)9-7-5-3-2-4-6-8-10-16(20)21/h13-15,17-19H,2-12H2,1H3,(H,20,21). The fourth-order valence-corrected chi connectivity index (χ4v) is 2.31. The third kappa shape index (κ3) is 14.1. The van der Waals surface area contributed by atoms with Crippen LogP contribution in [-0.2, 0) is 4.79 Å². The summed E-state index contributed by atoms with van der Waals surface area (Å²) in [5.41, 5.74) is 0. The molecule has 5 heteroatoms. The number of carboxylic acids is 1. The van der Waals surface area contributed by atoms with Crippen LogP contribution in [0, 0.1) is 0 Å². The number of carboxylic acid groups (broad SMARTS) is 1. The molecule has 0 rings (SSSR count). The lowest BCUT2D eigenvalue weighted by Gasteiger charge is -2.18. The molecule has 3 unspecified atom stereocenters. The molecule has 21 heavy (non-hydrogen) atoms. The van der Waals surface area contributed by atoms with E-state index in [9.17, 15) is 15.0 Å². The molecule has 0 fully saturated rings. The van der Waals surface area contributed by atoms with Gasteiger partial charge >= 0.3 is 5.97 Å². The first-order valence-electron chi connectivity index (χ1n) is 8.19. The van der Waals surface area contributed by atoms with Gasteiger partial charge in [0.15, 0.2) is 0 Å². The number of rotatable bonds is 14. The number of aliphatic carboxylic acids is 1. The highest BCUT2D eigenvalue weighted by Gasteiger charge is 2.16. The second-order valence-electron chi connectivity index (χ2n) is 5.97. The Morgan fingerprint density at radius 3 is 1.76 bits per heavy atom. The Kier molecular flexibility index (Phi) is 12.6. The first-order valence-corrected chi connectivity index (χ1v) is 8.19. The van der Waals surface area contributed by atoms with Crippen LogP contribution in [0.15, 0.2) is 0 Å². The summed E-state index contributed by atoms with van der Waals surface area (Å²) in [5, 5.41) is 37.1. The van der Waals surface area contributed by atoms with Gasteiger partial charge in [0.25, 0.3) is 0 Å². The first-order chi connectivity index (χ1) is 9.93. The molecule has 0 aliphatic carbocycles. The Morgan fingerprint density at radius 1 is 0.762 bits per heavy atom. The molecule has 0 radical (unpaired) electrons. The minimum atomic E-state index is -0.740. The van der Waals surface area contributed by atoms with Crippen LogP contribution >= 0.6 is 0 Å². The largest absolute Gasteiger partial charge is 0.481 e. The van der Waals surface area contributed by atoms with Gasteiger partial charge in [-0.2, -0.15) is 0 Å². The summed E-state index contributed by atoms with van der Waals surface area (Å²) in [6.45, 7) is 1.68. The summed E-state index contributed by atoms with van der Waals surface area (Å²) < 4.78 is 0. The van der Waals surface area contributed by atoms with E-state index in [0.717, 1.165) is 44.9 Å². The van der Waals surface area contributed by atoms with E-state index in [0.29, 0.717) is 19.3 Å². The van der Waals surface area contributed by atoms with Crippen molar-refractivity contribution in [2.75, 3.05) is 0 Å². The lowest BCUT2D eigenvalue weighted by atomic mass is 10.00. The van der Waals surface area contributed by atoms with Crippen molar-refractivity contribution in [3.63, 3.8) is 0 Å². The van der Waals surface area contributed by atoms with Gasteiger partial charge in [-0.25, -0.2) is 0 Å². The second kappa shape index (κ2) is 13.0. The summed E-state index contributed by atoms with van der Waals surface area (Å²) in [6, 6.07) is 0. The SMILES string of the molecule is CC(O)CCC(O)C(O)CCCCCCCCCC(=O)O. The van der Waals surface area contributed by atoms with Gasteiger partial charge in [-0.15, -0.1) is 0 Å². The maximum atomic E-state index is 10.3. The smallest absolute Gasteiger partial charge is 0.303 e. The van der Waals surface area contributed by atoms with E-state index in [4.69, 9.17) is 10.2 Å². The molecule has 0 amide bonds. The molecule has 0 bridgehead atoms. The molecular formula is C16H32O5. The van der Waals surface area contributed by atoms with Crippen LogP contribution in [0.2, 0.25) is 0 Å². The minimum absolute atomic E-state index is 0.260. The van der Waals surface area contributed by atoms with Crippen molar-refractivity contribution in [2.45, 2.75) is 95.9 Å². The Morgan fingerprint density at radius 2 is 1.24 bits per heavy atom. The zero-order chi connectivity index (χ0) is 16.1. The van der Waals surface area contributed by atoms with E-state index in [2.05, 4.69) is 0 Å². The van der Waals surface area contributed by atoms with Crippen LogP contribution < -0.4 is 0 Å². The van der Waals surface area contributed by atoms with Crippen LogP contribution in [0.5, 0.6) is 0 Å². The highest BCUT2D eigenvalue weighted by Crippen LogP contribution is 2.14. The summed E-state index contributed by atoms with van der Waals surface area (Å²) in [6.07, 6.45) is 6.81. The molecule has 4 N–H and O–H groups in total. The van der Waals surface area contributed by atoms with Crippen molar-refractivity contribution < 1.29 is 25.2 Å². The Balaban J connectivity index is 3.35. The van der Waals surface area contributed by atoms with Crippen LogP contribution in [0.3, 0.4) is 0 Å². The average Bonchev–Trinajstić information content (AvgIpc) is 2.42. The number of hydrogen-bond donors (Lipinski definition) is 4. The van der Waals surface area contributed by atoms with Gasteiger partial charge in [-0.3, -0.25) is 4.79 Å². The molecule has 3 atom stereocenters. The quantitative estimate of drug-likeness (QED) is 0.370. The van der Waals surface area contributed by atoms with Crippen molar-refractivity contribution in [3.05, 3.63) is 0 Å². The molecule has 0 saturated carbocycles. The molecule has 0 heterocycles. The normalized spacial score (nSPS) is 15.6. The highest BCUT2D eigenvalue weighted by atomic mass is 16.4. The van der Waals surface area contributed by atoms with Crippen molar-refractivity contribution in [1.29, 1.82) is 0 Å². The van der Waals surface area contributed by atoms with Crippen molar-refractivity contribution in [1.82, 2.24) is 0 Å². The molecule has 126 valence electrons. The van der Waals surface area contributed by atoms with Crippen LogP contribution in [0.25, 0.3) is 0 Å². The van der Waals surface area contributed by atoms with Crippen molar-refractivity contribution in [3.8, 4) is 0 Å². The maximum Gasteiger partial charge on any atom is 0.303 e. The molecule has 0 spiro atoms. The lowest BCUT2D eigenvalue weighted by molar-refractivity contribution is -0.137. The third-order valence-corrected chi connectivity index (χ3v) is 3.71. The molecule has 5 nitrogen and oxygen atoms in total. The van der Waals surface area contributed by atoms with E-state index >= 15 is 0 Å². The van der Waals surface area contributed by atoms with Crippen LogP contribution in [-0.4, -0.2) is 44.7 Å². The van der Waals surface area contributed by atoms with E-state index in [1.165, 1.54) is 0 Å². The molecule has 0 aliphatic rings. The zero-order valence-corrected chi connectivity index (χ0v) is 13.2. The second-order valence-corrected chi connectivity index (χ2v) is 5.97. The molecule has 0 aromatic carbocycles. The number of carbonyl (C=O) groups is 1. The predicted molar refractivity (Wildman–Crippen MR) is 82.1 cm³/mol.